The van der Waals surface area contributed by atoms with Crippen molar-refractivity contribution in [2.24, 2.45) is 0 Å². The largest absolute Gasteiger partial charge is 0.464 e. The quantitative estimate of drug-likeness (QED) is 0.818. The topological polar surface area (TPSA) is 82.7 Å². The fourth-order valence-electron chi connectivity index (χ4n) is 2.55. The third-order valence-electron chi connectivity index (χ3n) is 3.36. The number of carbonyl (C=O) groups excluding carboxylic acids is 1. The summed E-state index contributed by atoms with van der Waals surface area (Å²) < 4.78 is 22.5. The van der Waals surface area contributed by atoms with Gasteiger partial charge in [0, 0.05) is 0 Å². The van der Waals surface area contributed by atoms with Crippen LogP contribution < -0.4 is 0 Å². The van der Waals surface area contributed by atoms with Crippen LogP contribution in [0.25, 0.3) is 0 Å². The van der Waals surface area contributed by atoms with Crippen LogP contribution in [-0.4, -0.2) is 47.9 Å². The smallest absolute Gasteiger partial charge is 0.359 e. The number of nitrogens with zero attached hydrogens (tertiary/aromatic N) is 1. The molecular weight excluding hydrogens is 332 g/mol. The summed E-state index contributed by atoms with van der Waals surface area (Å²) in [6.07, 6.45) is -0.707. The van der Waals surface area contributed by atoms with Gasteiger partial charge in [-0.15, -0.1) is 0 Å². The van der Waals surface area contributed by atoms with E-state index in [4.69, 9.17) is 14.2 Å². The molecule has 8 heteroatoms. The van der Waals surface area contributed by atoms with Crippen LogP contribution in [0.5, 0.6) is 0 Å². The van der Waals surface area contributed by atoms with E-state index in [1.54, 1.807) is 0 Å². The molecule has 2 fully saturated rings. The molecule has 0 radical (unpaired) electrons. The molecule has 1 aromatic heterocycles. The Kier molecular flexibility index (Phi) is 3.36. The number of aromatic nitrogens is 2. The van der Waals surface area contributed by atoms with Gasteiger partial charge in [0.1, 0.15) is 18.3 Å². The van der Waals surface area contributed by atoms with Crippen molar-refractivity contribution in [3.63, 3.8) is 0 Å². The summed E-state index contributed by atoms with van der Waals surface area (Å²) in [7, 11) is 1.31. The first-order valence-electron chi connectivity index (χ1n) is 6.22. The minimum Gasteiger partial charge on any atom is -0.464 e. The fraction of sp³-hybridized carbons (Fsp3) is 0.667. The first-order valence-corrected chi connectivity index (χ1v) is 7.01. The second-order valence-corrected chi connectivity index (χ2v) is 5.98. The highest BCUT2D eigenvalue weighted by atomic mass is 79.9. The highest BCUT2D eigenvalue weighted by molar-refractivity contribution is 9.10. The van der Waals surface area contributed by atoms with Gasteiger partial charge in [-0.05, 0) is 29.8 Å². The maximum Gasteiger partial charge on any atom is 0.359 e. The van der Waals surface area contributed by atoms with Crippen LogP contribution in [0, 0.1) is 0 Å². The van der Waals surface area contributed by atoms with Crippen molar-refractivity contribution in [3.05, 3.63) is 15.9 Å². The number of hydrogen-bond acceptors (Lipinski definition) is 6. The number of aromatic amines is 1. The van der Waals surface area contributed by atoms with Gasteiger partial charge in [0.25, 0.3) is 0 Å². The lowest BCUT2D eigenvalue weighted by Crippen LogP contribution is -2.25. The second-order valence-electron chi connectivity index (χ2n) is 5.18. The minimum absolute atomic E-state index is 0.119. The Balaban J connectivity index is 1.87. The lowest BCUT2D eigenvalue weighted by Gasteiger charge is -2.21. The van der Waals surface area contributed by atoms with Crippen molar-refractivity contribution in [1.82, 2.24) is 10.2 Å². The van der Waals surface area contributed by atoms with Crippen molar-refractivity contribution >= 4 is 21.9 Å². The monoisotopic (exact) mass is 346 g/mol. The summed E-state index contributed by atoms with van der Waals surface area (Å²) in [4.78, 5) is 11.6. The Morgan fingerprint density at radius 2 is 2.25 bits per heavy atom. The molecule has 0 saturated carbocycles. The van der Waals surface area contributed by atoms with Gasteiger partial charge in [0.05, 0.1) is 23.9 Å². The average Bonchev–Trinajstić information content (AvgIpc) is 3.00. The molecule has 3 atom stereocenters. The molecule has 2 aliphatic rings. The summed E-state index contributed by atoms with van der Waals surface area (Å²) >= 11 is 3.36. The fourth-order valence-corrected chi connectivity index (χ4v) is 3.12. The number of hydrogen-bond donors (Lipinski definition) is 1. The molecule has 110 valence electrons. The highest BCUT2D eigenvalue weighted by Crippen LogP contribution is 2.43. The van der Waals surface area contributed by atoms with Crippen LogP contribution in [0.15, 0.2) is 4.47 Å². The van der Waals surface area contributed by atoms with Gasteiger partial charge in [-0.25, -0.2) is 4.79 Å². The zero-order valence-corrected chi connectivity index (χ0v) is 12.9. The number of esters is 1. The van der Waals surface area contributed by atoms with Gasteiger partial charge >= 0.3 is 5.97 Å². The van der Waals surface area contributed by atoms with E-state index in [0.717, 1.165) is 0 Å². The Hall–Kier alpha value is -0.960. The summed E-state index contributed by atoms with van der Waals surface area (Å²) in [5.41, 5.74) is 0.840. The van der Waals surface area contributed by atoms with E-state index in [1.807, 2.05) is 13.8 Å². The molecule has 0 aromatic carbocycles. The molecule has 0 spiro atoms. The van der Waals surface area contributed by atoms with Crippen LogP contribution in [0.3, 0.4) is 0 Å². The first-order chi connectivity index (χ1) is 9.43. The number of H-pyrrole nitrogens is 1. The second kappa shape index (κ2) is 4.80. The van der Waals surface area contributed by atoms with Crippen LogP contribution in [0.1, 0.15) is 36.1 Å². The molecule has 3 heterocycles. The number of rotatable bonds is 2. The normalized spacial score (nSPS) is 31.3. The summed E-state index contributed by atoms with van der Waals surface area (Å²) in [6, 6.07) is 0. The van der Waals surface area contributed by atoms with Gasteiger partial charge in [-0.2, -0.15) is 5.10 Å². The molecule has 1 aromatic rings. The van der Waals surface area contributed by atoms with Crippen molar-refractivity contribution in [3.8, 4) is 0 Å². The molecule has 3 unspecified atom stereocenters. The zero-order chi connectivity index (χ0) is 14.5. The van der Waals surface area contributed by atoms with E-state index < -0.39 is 11.8 Å². The standard InChI is InChI=1S/C12H15BrN2O5/c1-12(2)19-5-4-18-10(9(5)20-12)7-6(13)8(15-14-7)11(16)17-3/h5,9-10H,4H2,1-3H3,(H,14,15). The Labute approximate surface area is 124 Å². The van der Waals surface area contributed by atoms with Crippen molar-refractivity contribution in [1.29, 1.82) is 0 Å². The number of fused-ring (bicyclic) bond motifs is 1. The van der Waals surface area contributed by atoms with Gasteiger partial charge in [-0.3, -0.25) is 5.10 Å². The molecule has 0 bridgehead atoms. The number of carbonyl (C=O) groups is 1. The van der Waals surface area contributed by atoms with E-state index in [0.29, 0.717) is 16.8 Å². The maximum absolute atomic E-state index is 11.6. The Morgan fingerprint density at radius 3 is 2.95 bits per heavy atom. The van der Waals surface area contributed by atoms with Crippen LogP contribution in [0.4, 0.5) is 0 Å². The zero-order valence-electron chi connectivity index (χ0n) is 11.3. The van der Waals surface area contributed by atoms with Crippen LogP contribution in [-0.2, 0) is 18.9 Å². The summed E-state index contributed by atoms with van der Waals surface area (Å²) in [5.74, 6) is -1.15. The predicted octanol–water partition coefficient (Wildman–Crippen LogP) is 1.55. The predicted molar refractivity (Wildman–Crippen MR) is 70.1 cm³/mol. The van der Waals surface area contributed by atoms with Crippen molar-refractivity contribution in [2.75, 3.05) is 13.7 Å². The lowest BCUT2D eigenvalue weighted by molar-refractivity contribution is -0.176. The number of halogens is 1. The van der Waals surface area contributed by atoms with E-state index in [1.165, 1.54) is 7.11 Å². The van der Waals surface area contributed by atoms with Gasteiger partial charge in [0.2, 0.25) is 0 Å². The minimum atomic E-state index is -0.630. The molecule has 20 heavy (non-hydrogen) atoms. The SMILES string of the molecule is COC(=O)c1n[nH]c(C2OCC3OC(C)(C)OC32)c1Br. The van der Waals surface area contributed by atoms with Gasteiger partial charge < -0.3 is 18.9 Å². The first kappa shape index (κ1) is 14.0. The van der Waals surface area contributed by atoms with Crippen molar-refractivity contribution in [2.45, 2.75) is 37.9 Å². The van der Waals surface area contributed by atoms with Crippen LogP contribution >= 0.6 is 15.9 Å². The number of ether oxygens (including phenoxy) is 4. The molecule has 3 rings (SSSR count). The molecule has 1 N–H and O–H groups in total. The molecule has 0 aliphatic carbocycles. The molecule has 0 amide bonds. The van der Waals surface area contributed by atoms with E-state index in [-0.39, 0.29) is 24.0 Å². The summed E-state index contributed by atoms with van der Waals surface area (Å²) in [5, 5.41) is 6.77. The Bertz CT molecular complexity index is 544. The summed E-state index contributed by atoms with van der Waals surface area (Å²) in [6.45, 7) is 4.17. The number of nitrogens with one attached hydrogen (secondary N) is 1. The Morgan fingerprint density at radius 1 is 1.50 bits per heavy atom. The number of methoxy groups -OCH3 is 1. The molecular formula is C12H15BrN2O5. The lowest BCUT2D eigenvalue weighted by atomic mass is 10.1. The van der Waals surface area contributed by atoms with E-state index in [9.17, 15) is 4.79 Å². The molecule has 2 saturated heterocycles. The third kappa shape index (κ3) is 2.16. The van der Waals surface area contributed by atoms with E-state index in [2.05, 4.69) is 30.9 Å². The van der Waals surface area contributed by atoms with Gasteiger partial charge in [0.15, 0.2) is 11.5 Å². The maximum atomic E-state index is 11.6. The van der Waals surface area contributed by atoms with Crippen molar-refractivity contribution < 1.29 is 23.7 Å². The average molecular weight is 347 g/mol. The molecule has 7 nitrogen and oxygen atoms in total. The highest BCUT2D eigenvalue weighted by Gasteiger charge is 2.51. The van der Waals surface area contributed by atoms with E-state index >= 15 is 0 Å². The third-order valence-corrected chi connectivity index (χ3v) is 4.16. The van der Waals surface area contributed by atoms with Crippen LogP contribution in [0.2, 0.25) is 0 Å². The molecule has 2 aliphatic heterocycles. The van der Waals surface area contributed by atoms with Gasteiger partial charge in [-0.1, -0.05) is 0 Å².